The number of pyridine rings is 1. The first-order chi connectivity index (χ1) is 24.0. The molecule has 5 heterocycles. The number of hydrogen-bond acceptors (Lipinski definition) is 8. The lowest BCUT2D eigenvalue weighted by molar-refractivity contribution is -0.192. The summed E-state index contributed by atoms with van der Waals surface area (Å²) in [5, 5.41) is 22.5. The second-order valence-corrected chi connectivity index (χ2v) is 11.8. The van der Waals surface area contributed by atoms with Crippen molar-refractivity contribution in [3.63, 3.8) is 0 Å². The molecule has 5 aromatic rings. The highest BCUT2D eigenvalue weighted by atomic mass is 19.4. The number of hydrogen-bond donors (Lipinski definition) is 2. The maximum atomic E-state index is 13.2. The lowest BCUT2D eigenvalue weighted by Gasteiger charge is -2.28. The summed E-state index contributed by atoms with van der Waals surface area (Å²) in [4.78, 5) is 47.5. The highest BCUT2D eigenvalue weighted by molar-refractivity contribution is 5.97. The minimum atomic E-state index is -5.08. The number of para-hydroxylation sites is 1. The number of rotatable bonds is 7. The molecule has 2 aliphatic rings. The largest absolute Gasteiger partial charge is 0.490 e. The van der Waals surface area contributed by atoms with E-state index < -0.39 is 24.2 Å². The number of carbonyl (C=O) groups is 3. The van der Waals surface area contributed by atoms with E-state index in [1.54, 1.807) is 18.3 Å². The van der Waals surface area contributed by atoms with Crippen LogP contribution in [0, 0.1) is 0 Å². The van der Waals surface area contributed by atoms with E-state index in [9.17, 15) is 27.9 Å². The van der Waals surface area contributed by atoms with Crippen LogP contribution in [0.3, 0.4) is 0 Å². The molecule has 0 unspecified atom stereocenters. The number of morpholine rings is 1. The number of nitrogens with zero attached hydrogens (tertiary/aromatic N) is 6. The van der Waals surface area contributed by atoms with Crippen molar-refractivity contribution in [2.45, 2.75) is 37.9 Å². The van der Waals surface area contributed by atoms with Crippen LogP contribution in [0.4, 0.5) is 18.9 Å². The van der Waals surface area contributed by atoms with Crippen LogP contribution >= 0.6 is 0 Å². The van der Waals surface area contributed by atoms with Crippen LogP contribution in [0.2, 0.25) is 0 Å². The van der Waals surface area contributed by atoms with Gasteiger partial charge in [0.05, 0.1) is 42.0 Å². The highest BCUT2D eigenvalue weighted by Crippen LogP contribution is 2.31. The Kier molecular flexibility index (Phi) is 9.95. The lowest BCUT2D eigenvalue weighted by Crippen LogP contribution is -2.40. The zero-order valence-corrected chi connectivity index (χ0v) is 26.7. The molecule has 1 amide bonds. The Hall–Kier alpha value is -5.57. The minimum Gasteiger partial charge on any atom is -0.480 e. The third-order valence-electron chi connectivity index (χ3n) is 8.64. The van der Waals surface area contributed by atoms with Gasteiger partial charge in [0.15, 0.2) is 5.65 Å². The lowest BCUT2D eigenvalue weighted by atomic mass is 10.0. The van der Waals surface area contributed by atoms with Crippen molar-refractivity contribution < 1.29 is 42.5 Å². The number of alkyl halides is 3. The molecule has 3 aromatic heterocycles. The zero-order chi connectivity index (χ0) is 35.4. The number of imidazole rings is 1. The first-order valence-corrected chi connectivity index (χ1v) is 16.0. The number of amides is 1. The first kappa shape index (κ1) is 34.3. The molecule has 0 aliphatic carbocycles. The minimum absolute atomic E-state index is 0.259. The normalized spacial score (nSPS) is 16.3. The number of ether oxygens (including phenoxy) is 1. The van der Waals surface area contributed by atoms with Gasteiger partial charge in [-0.05, 0) is 56.0 Å². The number of carboxylic acids is 2. The molecule has 2 aromatic carbocycles. The summed E-state index contributed by atoms with van der Waals surface area (Å²) in [6.07, 6.45) is -0.754. The third-order valence-corrected chi connectivity index (χ3v) is 8.64. The predicted octanol–water partition coefficient (Wildman–Crippen LogP) is 4.89. The molecular weight excluding hydrogens is 657 g/mol. The number of fused-ring (bicyclic) bond motifs is 2. The number of carbonyl (C=O) groups excluding carboxylic acids is 1. The van der Waals surface area contributed by atoms with Gasteiger partial charge in [-0.1, -0.05) is 36.4 Å². The molecule has 2 fully saturated rings. The van der Waals surface area contributed by atoms with Gasteiger partial charge in [0.1, 0.15) is 6.04 Å². The molecule has 2 aliphatic heterocycles. The van der Waals surface area contributed by atoms with E-state index in [4.69, 9.17) is 29.7 Å². The SMILES string of the molecule is O=C(O)C(F)(F)F.O=C(O)[C@@H]1CCCN1C(=O)c1ccc(-c2c(CCc3ccc4ccccc4n3)nc3c(N4CCOCC4)ccnn23)cc1. The van der Waals surface area contributed by atoms with Gasteiger partial charge >= 0.3 is 18.1 Å². The summed E-state index contributed by atoms with van der Waals surface area (Å²) in [7, 11) is 0. The fourth-order valence-electron chi connectivity index (χ4n) is 6.19. The molecule has 2 N–H and O–H groups in total. The number of aromatic nitrogens is 4. The second-order valence-electron chi connectivity index (χ2n) is 11.8. The van der Waals surface area contributed by atoms with Gasteiger partial charge < -0.3 is 24.7 Å². The summed E-state index contributed by atoms with van der Waals surface area (Å²) >= 11 is 0. The number of aryl methyl sites for hydroxylation is 2. The average molecular weight is 691 g/mol. The van der Waals surface area contributed by atoms with Gasteiger partial charge in [0, 0.05) is 41.8 Å². The van der Waals surface area contributed by atoms with Crippen LogP contribution in [-0.4, -0.2) is 97.6 Å². The molecule has 0 saturated carbocycles. The van der Waals surface area contributed by atoms with Crippen LogP contribution in [0.1, 0.15) is 34.6 Å². The number of carboxylic acid groups (broad SMARTS) is 2. The summed E-state index contributed by atoms with van der Waals surface area (Å²) < 4.78 is 39.2. The van der Waals surface area contributed by atoms with Crippen molar-refractivity contribution >= 4 is 40.1 Å². The van der Waals surface area contributed by atoms with Crippen LogP contribution < -0.4 is 4.90 Å². The fourth-order valence-corrected chi connectivity index (χ4v) is 6.19. The molecule has 2 saturated heterocycles. The number of anilines is 1. The van der Waals surface area contributed by atoms with E-state index >= 15 is 0 Å². The molecule has 7 rings (SSSR count). The number of likely N-dealkylation sites (tertiary alicyclic amines) is 1. The Balaban J connectivity index is 0.000000561. The van der Waals surface area contributed by atoms with Crippen molar-refractivity contribution in [1.82, 2.24) is 24.5 Å². The standard InChI is InChI=1S/C33H32N6O4.C2HF3O2/c40-32(38-17-3-6-29(38)33(41)42)24-9-7-23(8-10-24)30-27(14-13-25-12-11-22-4-1-2-5-26(22)35-25)36-31-28(15-16-34-39(30)31)37-18-20-43-21-19-37;3-2(4,5)1(6)7/h1-2,4-5,7-12,15-16,29H,3,6,13-14,17-21H2,(H,41,42);(H,6,7)/t29-;/m0./s1. The summed E-state index contributed by atoms with van der Waals surface area (Å²) in [5.74, 6) is -3.97. The Morgan fingerprint density at radius 2 is 1.60 bits per heavy atom. The molecule has 0 spiro atoms. The van der Waals surface area contributed by atoms with Gasteiger partial charge in [-0.2, -0.15) is 18.3 Å². The summed E-state index contributed by atoms with van der Waals surface area (Å²) in [6.45, 7) is 3.34. The van der Waals surface area contributed by atoms with Crippen LogP contribution in [0.5, 0.6) is 0 Å². The monoisotopic (exact) mass is 690 g/mol. The highest BCUT2D eigenvalue weighted by Gasteiger charge is 2.38. The molecule has 260 valence electrons. The summed E-state index contributed by atoms with van der Waals surface area (Å²) in [6, 6.07) is 20.9. The van der Waals surface area contributed by atoms with Crippen molar-refractivity contribution in [3.05, 3.63) is 89.9 Å². The maximum Gasteiger partial charge on any atom is 0.490 e. The van der Waals surface area contributed by atoms with Gasteiger partial charge in [0.25, 0.3) is 5.91 Å². The molecule has 15 heteroatoms. The van der Waals surface area contributed by atoms with Gasteiger partial charge in [-0.15, -0.1) is 0 Å². The second kappa shape index (κ2) is 14.5. The van der Waals surface area contributed by atoms with E-state index in [2.05, 4.69) is 23.1 Å². The van der Waals surface area contributed by atoms with Crippen LogP contribution in [0.25, 0.3) is 27.8 Å². The van der Waals surface area contributed by atoms with Gasteiger partial charge in [0.2, 0.25) is 0 Å². The maximum absolute atomic E-state index is 13.2. The topological polar surface area (TPSA) is 150 Å². The Morgan fingerprint density at radius 3 is 2.30 bits per heavy atom. The molecule has 12 nitrogen and oxygen atoms in total. The van der Waals surface area contributed by atoms with E-state index in [1.165, 1.54) is 4.90 Å². The molecular formula is C35H33F3N6O6. The molecule has 1 atom stereocenters. The number of aliphatic carboxylic acids is 2. The van der Waals surface area contributed by atoms with Crippen molar-refractivity contribution in [2.75, 3.05) is 37.7 Å². The van der Waals surface area contributed by atoms with Crippen LogP contribution in [0.15, 0.2) is 72.9 Å². The van der Waals surface area contributed by atoms with E-state index in [1.807, 2.05) is 40.9 Å². The summed E-state index contributed by atoms with van der Waals surface area (Å²) in [5.41, 5.74) is 6.86. The van der Waals surface area contributed by atoms with Crippen molar-refractivity contribution in [3.8, 4) is 11.3 Å². The number of benzene rings is 2. The smallest absolute Gasteiger partial charge is 0.480 e. The average Bonchev–Trinajstić information content (AvgIpc) is 3.76. The number of halogens is 3. The Morgan fingerprint density at radius 1 is 0.880 bits per heavy atom. The van der Waals surface area contributed by atoms with E-state index in [-0.39, 0.29) is 5.91 Å². The molecule has 0 radical (unpaired) electrons. The Labute approximate surface area is 283 Å². The molecule has 50 heavy (non-hydrogen) atoms. The van der Waals surface area contributed by atoms with Crippen molar-refractivity contribution in [1.29, 1.82) is 0 Å². The van der Waals surface area contributed by atoms with Gasteiger partial charge in [-0.3, -0.25) is 9.78 Å². The zero-order valence-electron chi connectivity index (χ0n) is 26.7. The third kappa shape index (κ3) is 7.37. The molecule has 0 bridgehead atoms. The van der Waals surface area contributed by atoms with Crippen LogP contribution in [-0.2, 0) is 27.2 Å². The predicted molar refractivity (Wildman–Crippen MR) is 176 cm³/mol. The Bertz CT molecular complexity index is 2030. The van der Waals surface area contributed by atoms with Crippen molar-refractivity contribution in [2.24, 2.45) is 0 Å². The fraction of sp³-hybridized carbons (Fsp3) is 0.314. The van der Waals surface area contributed by atoms with Gasteiger partial charge in [-0.25, -0.2) is 19.1 Å². The van der Waals surface area contributed by atoms with E-state index in [0.717, 1.165) is 58.0 Å². The quantitative estimate of drug-likeness (QED) is 0.242. The van der Waals surface area contributed by atoms with E-state index in [0.29, 0.717) is 51.0 Å². The first-order valence-electron chi connectivity index (χ1n) is 16.0.